The Labute approximate surface area is 126 Å². The lowest BCUT2D eigenvalue weighted by molar-refractivity contribution is -0.127. The summed E-state index contributed by atoms with van der Waals surface area (Å²) in [6.07, 6.45) is 5.12. The molecule has 2 aliphatic rings. The molecule has 0 radical (unpaired) electrons. The predicted octanol–water partition coefficient (Wildman–Crippen LogP) is 0.272. The van der Waals surface area contributed by atoms with Crippen LogP contribution in [-0.4, -0.2) is 62.1 Å². The van der Waals surface area contributed by atoms with E-state index < -0.39 is 0 Å². The highest BCUT2D eigenvalue weighted by atomic mass is 16.5. The number of rotatable bonds is 6. The number of hydrogen-bond donors (Lipinski definition) is 2. The fourth-order valence-corrected chi connectivity index (χ4v) is 2.90. The van der Waals surface area contributed by atoms with Crippen molar-refractivity contribution < 1.29 is 14.3 Å². The number of amides is 2. The first-order valence-electron chi connectivity index (χ1n) is 7.99. The maximum absolute atomic E-state index is 11.7. The van der Waals surface area contributed by atoms with Crippen LogP contribution < -0.4 is 10.6 Å². The molecule has 1 aliphatic carbocycles. The highest BCUT2D eigenvalue weighted by Crippen LogP contribution is 2.17. The Kier molecular flexibility index (Phi) is 6.45. The van der Waals surface area contributed by atoms with E-state index in [4.69, 9.17) is 4.74 Å². The summed E-state index contributed by atoms with van der Waals surface area (Å²) in [5, 5.41) is 5.85. The third kappa shape index (κ3) is 6.01. The first-order chi connectivity index (χ1) is 10.1. The molecule has 6 heteroatoms. The lowest BCUT2D eigenvalue weighted by atomic mass is 10.2. The quantitative estimate of drug-likeness (QED) is 0.738. The van der Waals surface area contributed by atoms with Gasteiger partial charge < -0.3 is 20.3 Å². The van der Waals surface area contributed by atoms with Crippen molar-refractivity contribution in [2.45, 2.75) is 50.7 Å². The van der Waals surface area contributed by atoms with E-state index in [1.807, 2.05) is 7.05 Å². The molecule has 2 fully saturated rings. The van der Waals surface area contributed by atoms with Gasteiger partial charge in [0.15, 0.2) is 0 Å². The van der Waals surface area contributed by atoms with Crippen molar-refractivity contribution in [3.8, 4) is 0 Å². The second kappa shape index (κ2) is 8.34. The van der Waals surface area contributed by atoms with Gasteiger partial charge in [-0.25, -0.2) is 0 Å². The van der Waals surface area contributed by atoms with Gasteiger partial charge in [0.1, 0.15) is 0 Å². The van der Waals surface area contributed by atoms with Crippen LogP contribution in [0.2, 0.25) is 0 Å². The molecular formula is C15H27N3O3. The SMILES string of the molecule is CN1CCOC(CNC(=O)CCC(=O)NC2CCCC2)C1. The van der Waals surface area contributed by atoms with Gasteiger partial charge in [-0.1, -0.05) is 12.8 Å². The molecule has 1 unspecified atom stereocenters. The van der Waals surface area contributed by atoms with Crippen molar-refractivity contribution in [3.63, 3.8) is 0 Å². The summed E-state index contributed by atoms with van der Waals surface area (Å²) in [5.74, 6) is -0.0842. The summed E-state index contributed by atoms with van der Waals surface area (Å²) in [4.78, 5) is 25.7. The van der Waals surface area contributed by atoms with Gasteiger partial charge in [0.05, 0.1) is 12.7 Å². The van der Waals surface area contributed by atoms with E-state index in [9.17, 15) is 9.59 Å². The number of nitrogens with one attached hydrogen (secondary N) is 2. The second-order valence-electron chi connectivity index (χ2n) is 6.11. The minimum Gasteiger partial charge on any atom is -0.374 e. The molecule has 0 aromatic rings. The molecule has 0 aromatic heterocycles. The number of carbonyl (C=O) groups excluding carboxylic acids is 2. The van der Waals surface area contributed by atoms with Gasteiger partial charge >= 0.3 is 0 Å². The van der Waals surface area contributed by atoms with Gasteiger partial charge in [-0.3, -0.25) is 9.59 Å². The minimum absolute atomic E-state index is 0.00861. The van der Waals surface area contributed by atoms with E-state index in [2.05, 4.69) is 15.5 Å². The van der Waals surface area contributed by atoms with Gasteiger partial charge in [-0.2, -0.15) is 0 Å². The van der Waals surface area contributed by atoms with Crippen molar-refractivity contribution in [2.24, 2.45) is 0 Å². The summed E-state index contributed by atoms with van der Waals surface area (Å²) in [5.41, 5.74) is 0. The zero-order chi connectivity index (χ0) is 15.1. The van der Waals surface area contributed by atoms with Crippen LogP contribution in [0, 0.1) is 0 Å². The zero-order valence-electron chi connectivity index (χ0n) is 12.9. The smallest absolute Gasteiger partial charge is 0.220 e. The highest BCUT2D eigenvalue weighted by Gasteiger charge is 2.19. The Bertz CT molecular complexity index is 356. The first-order valence-corrected chi connectivity index (χ1v) is 7.99. The molecule has 2 amide bonds. The molecule has 2 rings (SSSR count). The number of likely N-dealkylation sites (N-methyl/N-ethyl adjacent to an activating group) is 1. The van der Waals surface area contributed by atoms with Crippen LogP contribution in [0.3, 0.4) is 0 Å². The van der Waals surface area contributed by atoms with Crippen LogP contribution >= 0.6 is 0 Å². The van der Waals surface area contributed by atoms with Gasteiger partial charge in [0.25, 0.3) is 0 Å². The van der Waals surface area contributed by atoms with Crippen LogP contribution in [0.25, 0.3) is 0 Å². The molecule has 1 atom stereocenters. The maximum Gasteiger partial charge on any atom is 0.220 e. The Morgan fingerprint density at radius 1 is 1.19 bits per heavy atom. The van der Waals surface area contributed by atoms with Crippen molar-refractivity contribution in [1.29, 1.82) is 0 Å². The lowest BCUT2D eigenvalue weighted by Gasteiger charge is -2.30. The number of ether oxygens (including phenoxy) is 1. The standard InChI is InChI=1S/C15H27N3O3/c1-18-8-9-21-13(11-18)10-16-14(19)6-7-15(20)17-12-4-2-3-5-12/h12-13H,2-11H2,1H3,(H,16,19)(H,17,20). The number of carbonyl (C=O) groups is 2. The third-order valence-electron chi connectivity index (χ3n) is 4.17. The molecule has 1 saturated carbocycles. The first kappa shape index (κ1) is 16.2. The van der Waals surface area contributed by atoms with Gasteiger partial charge in [0, 0.05) is 38.5 Å². The molecule has 0 bridgehead atoms. The lowest BCUT2D eigenvalue weighted by Crippen LogP contribution is -2.46. The van der Waals surface area contributed by atoms with Crippen LogP contribution in [0.15, 0.2) is 0 Å². The summed E-state index contributed by atoms with van der Waals surface area (Å²) < 4.78 is 5.58. The topological polar surface area (TPSA) is 70.7 Å². The second-order valence-corrected chi connectivity index (χ2v) is 6.11. The van der Waals surface area contributed by atoms with Gasteiger partial charge in [-0.05, 0) is 19.9 Å². The summed E-state index contributed by atoms with van der Waals surface area (Å²) in [6.45, 7) is 3.00. The van der Waals surface area contributed by atoms with E-state index in [1.54, 1.807) is 0 Å². The van der Waals surface area contributed by atoms with Crippen molar-refractivity contribution >= 4 is 11.8 Å². The molecule has 6 nitrogen and oxygen atoms in total. The zero-order valence-corrected chi connectivity index (χ0v) is 12.9. The van der Waals surface area contributed by atoms with E-state index in [1.165, 1.54) is 12.8 Å². The Hall–Kier alpha value is -1.14. The van der Waals surface area contributed by atoms with Gasteiger partial charge in [0.2, 0.25) is 11.8 Å². The molecular weight excluding hydrogens is 270 g/mol. The molecule has 21 heavy (non-hydrogen) atoms. The Morgan fingerprint density at radius 2 is 1.90 bits per heavy atom. The van der Waals surface area contributed by atoms with E-state index in [-0.39, 0.29) is 30.8 Å². The van der Waals surface area contributed by atoms with Crippen LogP contribution in [0.1, 0.15) is 38.5 Å². The molecule has 1 heterocycles. The monoisotopic (exact) mass is 297 g/mol. The molecule has 0 spiro atoms. The van der Waals surface area contributed by atoms with Crippen molar-refractivity contribution in [2.75, 3.05) is 33.3 Å². The number of morpholine rings is 1. The molecule has 1 aliphatic heterocycles. The van der Waals surface area contributed by atoms with Crippen LogP contribution in [0.5, 0.6) is 0 Å². The summed E-state index contributed by atoms with van der Waals surface area (Å²) >= 11 is 0. The molecule has 120 valence electrons. The van der Waals surface area contributed by atoms with E-state index in [0.717, 1.165) is 25.9 Å². The van der Waals surface area contributed by atoms with E-state index in [0.29, 0.717) is 19.2 Å². The fraction of sp³-hybridized carbons (Fsp3) is 0.867. The van der Waals surface area contributed by atoms with Crippen molar-refractivity contribution in [3.05, 3.63) is 0 Å². The largest absolute Gasteiger partial charge is 0.374 e. The number of nitrogens with zero attached hydrogens (tertiary/aromatic N) is 1. The summed E-state index contributed by atoms with van der Waals surface area (Å²) in [6, 6.07) is 0.326. The Morgan fingerprint density at radius 3 is 2.62 bits per heavy atom. The van der Waals surface area contributed by atoms with Crippen LogP contribution in [-0.2, 0) is 14.3 Å². The minimum atomic E-state index is -0.0756. The molecule has 1 saturated heterocycles. The fourth-order valence-electron chi connectivity index (χ4n) is 2.90. The average Bonchev–Trinajstić information content (AvgIpc) is 2.96. The normalized spacial score (nSPS) is 24.0. The third-order valence-corrected chi connectivity index (χ3v) is 4.17. The molecule has 0 aromatic carbocycles. The predicted molar refractivity (Wildman–Crippen MR) is 79.9 cm³/mol. The van der Waals surface area contributed by atoms with Crippen LogP contribution in [0.4, 0.5) is 0 Å². The maximum atomic E-state index is 11.7. The van der Waals surface area contributed by atoms with Crippen molar-refractivity contribution in [1.82, 2.24) is 15.5 Å². The Balaban J connectivity index is 1.55. The van der Waals surface area contributed by atoms with Gasteiger partial charge in [-0.15, -0.1) is 0 Å². The van der Waals surface area contributed by atoms with E-state index >= 15 is 0 Å². The molecule has 2 N–H and O–H groups in total. The average molecular weight is 297 g/mol. The summed E-state index contributed by atoms with van der Waals surface area (Å²) in [7, 11) is 2.05. The number of hydrogen-bond acceptors (Lipinski definition) is 4. The highest BCUT2D eigenvalue weighted by molar-refractivity contribution is 5.83.